The summed E-state index contributed by atoms with van der Waals surface area (Å²) in [5, 5.41) is 2.60. The summed E-state index contributed by atoms with van der Waals surface area (Å²) in [5.74, 6) is 2.41. The van der Waals surface area contributed by atoms with Crippen LogP contribution in [0, 0.1) is 12.3 Å². The van der Waals surface area contributed by atoms with E-state index >= 15 is 0 Å². The van der Waals surface area contributed by atoms with Gasteiger partial charge in [-0.1, -0.05) is 11.5 Å². The SMILES string of the molecule is C#C/C=C(/C)C(NC=O)=C(C)C. The molecule has 2 nitrogen and oxygen atoms in total. The number of nitrogens with one attached hydrogen (secondary N) is 1. The Labute approximate surface area is 73.4 Å². The molecule has 0 atom stereocenters. The molecule has 0 radical (unpaired) electrons. The van der Waals surface area contributed by atoms with E-state index < -0.39 is 0 Å². The van der Waals surface area contributed by atoms with Gasteiger partial charge in [-0.05, 0) is 32.4 Å². The van der Waals surface area contributed by atoms with E-state index in [9.17, 15) is 4.79 Å². The molecule has 0 aromatic heterocycles. The van der Waals surface area contributed by atoms with Gasteiger partial charge in [-0.25, -0.2) is 0 Å². The molecular weight excluding hydrogens is 150 g/mol. The molecule has 0 saturated carbocycles. The van der Waals surface area contributed by atoms with Crippen LogP contribution in [-0.2, 0) is 4.79 Å². The molecular formula is C10H13NO. The number of carbonyl (C=O) groups excluding carboxylic acids is 1. The molecule has 0 aliphatic carbocycles. The molecule has 0 unspecified atom stereocenters. The lowest BCUT2D eigenvalue weighted by atomic mass is 10.1. The average Bonchev–Trinajstić information content (AvgIpc) is 1.99. The summed E-state index contributed by atoms with van der Waals surface area (Å²) in [4.78, 5) is 10.2. The largest absolute Gasteiger partial charge is 0.328 e. The van der Waals surface area contributed by atoms with Gasteiger partial charge in [0.1, 0.15) is 0 Å². The van der Waals surface area contributed by atoms with E-state index in [-0.39, 0.29) is 0 Å². The Bertz CT molecular complexity index is 262. The van der Waals surface area contributed by atoms with Crippen molar-refractivity contribution in [3.8, 4) is 12.3 Å². The highest BCUT2D eigenvalue weighted by Crippen LogP contribution is 2.09. The second-order valence-corrected chi connectivity index (χ2v) is 2.63. The predicted octanol–water partition coefficient (Wildman–Crippen LogP) is 1.61. The van der Waals surface area contributed by atoms with Crippen LogP contribution in [0.3, 0.4) is 0 Å². The fourth-order valence-corrected chi connectivity index (χ4v) is 0.909. The summed E-state index contributed by atoms with van der Waals surface area (Å²) >= 11 is 0. The molecule has 2 heteroatoms. The smallest absolute Gasteiger partial charge is 0.211 e. The number of terminal acetylenes is 1. The molecule has 0 fully saturated rings. The molecule has 1 N–H and O–H groups in total. The average molecular weight is 163 g/mol. The molecule has 0 aromatic carbocycles. The zero-order valence-electron chi connectivity index (χ0n) is 7.64. The number of rotatable bonds is 3. The van der Waals surface area contributed by atoms with E-state index in [1.54, 1.807) is 6.08 Å². The molecule has 12 heavy (non-hydrogen) atoms. The van der Waals surface area contributed by atoms with Crippen molar-refractivity contribution in [1.29, 1.82) is 0 Å². The lowest BCUT2D eigenvalue weighted by Gasteiger charge is -2.07. The minimum Gasteiger partial charge on any atom is -0.328 e. The van der Waals surface area contributed by atoms with Gasteiger partial charge in [0.25, 0.3) is 0 Å². The van der Waals surface area contributed by atoms with Gasteiger partial charge >= 0.3 is 0 Å². The maximum absolute atomic E-state index is 10.2. The van der Waals surface area contributed by atoms with E-state index in [4.69, 9.17) is 6.42 Å². The molecule has 0 aromatic rings. The van der Waals surface area contributed by atoms with Crippen molar-refractivity contribution in [2.45, 2.75) is 20.8 Å². The molecule has 0 bridgehead atoms. The first-order valence-corrected chi connectivity index (χ1v) is 3.64. The Balaban J connectivity index is 4.79. The van der Waals surface area contributed by atoms with Crippen LogP contribution < -0.4 is 5.32 Å². The fraction of sp³-hybridized carbons (Fsp3) is 0.300. The lowest BCUT2D eigenvalue weighted by Crippen LogP contribution is -2.12. The van der Waals surface area contributed by atoms with Gasteiger partial charge in [-0.15, -0.1) is 6.42 Å². The highest BCUT2D eigenvalue weighted by molar-refractivity contribution is 5.54. The van der Waals surface area contributed by atoms with Gasteiger partial charge in [-0.2, -0.15) is 0 Å². The number of hydrogen-bond donors (Lipinski definition) is 1. The zero-order valence-corrected chi connectivity index (χ0v) is 7.64. The summed E-state index contributed by atoms with van der Waals surface area (Å²) in [7, 11) is 0. The third kappa shape index (κ3) is 3.07. The number of allylic oxidation sites excluding steroid dienone is 3. The molecule has 0 aliphatic heterocycles. The Hall–Kier alpha value is -1.49. The summed E-state index contributed by atoms with van der Waals surface area (Å²) in [6.07, 6.45) is 7.37. The van der Waals surface area contributed by atoms with Crippen molar-refractivity contribution in [2.24, 2.45) is 0 Å². The van der Waals surface area contributed by atoms with Gasteiger partial charge in [-0.3, -0.25) is 4.79 Å². The van der Waals surface area contributed by atoms with Gasteiger partial charge < -0.3 is 5.32 Å². The van der Waals surface area contributed by atoms with Gasteiger partial charge in [0, 0.05) is 5.70 Å². The third-order valence-corrected chi connectivity index (χ3v) is 1.40. The van der Waals surface area contributed by atoms with Crippen molar-refractivity contribution in [3.05, 3.63) is 22.9 Å². The highest BCUT2D eigenvalue weighted by atomic mass is 16.1. The van der Waals surface area contributed by atoms with Crippen LogP contribution in [0.4, 0.5) is 0 Å². The van der Waals surface area contributed by atoms with Gasteiger partial charge in [0.15, 0.2) is 0 Å². The lowest BCUT2D eigenvalue weighted by molar-refractivity contribution is -0.108. The van der Waals surface area contributed by atoms with Crippen LogP contribution >= 0.6 is 0 Å². The van der Waals surface area contributed by atoms with Crippen molar-refractivity contribution in [1.82, 2.24) is 5.32 Å². The molecule has 0 saturated heterocycles. The summed E-state index contributed by atoms with van der Waals surface area (Å²) in [6, 6.07) is 0. The summed E-state index contributed by atoms with van der Waals surface area (Å²) in [6.45, 7) is 5.69. The van der Waals surface area contributed by atoms with Crippen molar-refractivity contribution < 1.29 is 4.79 Å². The van der Waals surface area contributed by atoms with Crippen molar-refractivity contribution in [3.63, 3.8) is 0 Å². The maximum Gasteiger partial charge on any atom is 0.211 e. The van der Waals surface area contributed by atoms with E-state index in [1.807, 2.05) is 20.8 Å². The quantitative estimate of drug-likeness (QED) is 0.382. The Morgan fingerprint density at radius 3 is 2.33 bits per heavy atom. The molecule has 0 rings (SSSR count). The standard InChI is InChI=1S/C10H13NO/c1-5-6-9(4)10(8(2)3)11-7-12/h1,6-7H,2-4H3,(H,11,12)/b9-6-. The minimum absolute atomic E-state index is 0.649. The van der Waals surface area contributed by atoms with Crippen molar-refractivity contribution in [2.75, 3.05) is 0 Å². The fourth-order valence-electron chi connectivity index (χ4n) is 0.909. The number of carbonyl (C=O) groups is 1. The first-order valence-electron chi connectivity index (χ1n) is 3.64. The van der Waals surface area contributed by atoms with E-state index in [0.29, 0.717) is 6.41 Å². The van der Waals surface area contributed by atoms with E-state index in [1.165, 1.54) is 0 Å². The molecule has 0 aliphatic rings. The van der Waals surface area contributed by atoms with Crippen LogP contribution in [0.25, 0.3) is 0 Å². The second kappa shape index (κ2) is 5.20. The van der Waals surface area contributed by atoms with Gasteiger partial charge in [0.2, 0.25) is 6.41 Å². The second-order valence-electron chi connectivity index (χ2n) is 2.63. The van der Waals surface area contributed by atoms with Crippen molar-refractivity contribution >= 4 is 6.41 Å². The Morgan fingerprint density at radius 1 is 1.42 bits per heavy atom. The monoisotopic (exact) mass is 163 g/mol. The highest BCUT2D eigenvalue weighted by Gasteiger charge is 1.99. The van der Waals surface area contributed by atoms with E-state index in [0.717, 1.165) is 16.8 Å². The topological polar surface area (TPSA) is 29.1 Å². The minimum atomic E-state index is 0.649. The molecule has 64 valence electrons. The normalized spacial score (nSPS) is 10.0. The van der Waals surface area contributed by atoms with Crippen LogP contribution in [0.5, 0.6) is 0 Å². The number of amides is 1. The van der Waals surface area contributed by atoms with Gasteiger partial charge in [0.05, 0.1) is 0 Å². The zero-order chi connectivity index (χ0) is 9.56. The summed E-state index contributed by atoms with van der Waals surface area (Å²) in [5.41, 5.74) is 2.72. The number of hydrogen-bond acceptors (Lipinski definition) is 1. The molecule has 1 amide bonds. The maximum atomic E-state index is 10.2. The van der Waals surface area contributed by atoms with Crippen LogP contribution in [0.1, 0.15) is 20.8 Å². The predicted molar refractivity (Wildman–Crippen MR) is 50.2 cm³/mol. The van der Waals surface area contributed by atoms with Crippen LogP contribution in [0.2, 0.25) is 0 Å². The van der Waals surface area contributed by atoms with Crippen LogP contribution in [-0.4, -0.2) is 6.41 Å². The molecule has 0 heterocycles. The molecule has 0 spiro atoms. The first kappa shape index (κ1) is 10.5. The third-order valence-electron chi connectivity index (χ3n) is 1.40. The van der Waals surface area contributed by atoms with E-state index in [2.05, 4.69) is 11.2 Å². The summed E-state index contributed by atoms with van der Waals surface area (Å²) < 4.78 is 0. The Morgan fingerprint density at radius 2 is 2.00 bits per heavy atom. The van der Waals surface area contributed by atoms with Crippen LogP contribution in [0.15, 0.2) is 22.9 Å². The Kier molecular flexibility index (Phi) is 4.55. The first-order chi connectivity index (χ1) is 5.63.